The fraction of sp³-hybridized carbons (Fsp3) is 0.560. The highest BCUT2D eigenvalue weighted by atomic mass is 32.2. The van der Waals surface area contributed by atoms with Crippen molar-refractivity contribution in [2.45, 2.75) is 75.5 Å². The van der Waals surface area contributed by atoms with Gasteiger partial charge < -0.3 is 9.72 Å². The van der Waals surface area contributed by atoms with Crippen molar-refractivity contribution in [1.29, 1.82) is 0 Å². The van der Waals surface area contributed by atoms with Crippen LogP contribution in [0, 0.1) is 5.92 Å². The lowest BCUT2D eigenvalue weighted by molar-refractivity contribution is 0.341. The summed E-state index contributed by atoms with van der Waals surface area (Å²) in [5.74, 6) is 1.68. The van der Waals surface area contributed by atoms with Crippen molar-refractivity contribution >= 4 is 21.2 Å². The van der Waals surface area contributed by atoms with Crippen LogP contribution in [0.1, 0.15) is 75.7 Å². The molecule has 0 radical (unpaired) electrons. The molecule has 0 bridgehead atoms. The SMILES string of the molecule is CC1CCC(S(=O)(=O)NC2CCCCC2c2nc(C3=CC=CCN3)c3ccccn23)CC1. The van der Waals surface area contributed by atoms with E-state index in [1.807, 2.05) is 12.1 Å². The molecular formula is C25H34N4O2S. The molecule has 172 valence electrons. The largest absolute Gasteiger partial charge is 0.380 e. The van der Waals surface area contributed by atoms with Gasteiger partial charge in [-0.05, 0) is 62.7 Å². The van der Waals surface area contributed by atoms with Gasteiger partial charge in [0.25, 0.3) is 0 Å². The number of nitrogens with one attached hydrogen (secondary N) is 2. The number of imidazole rings is 1. The van der Waals surface area contributed by atoms with E-state index in [-0.39, 0.29) is 17.2 Å². The zero-order valence-electron chi connectivity index (χ0n) is 18.8. The molecular weight excluding hydrogens is 420 g/mol. The third kappa shape index (κ3) is 4.25. The molecule has 0 saturated heterocycles. The highest BCUT2D eigenvalue weighted by Gasteiger charge is 2.37. The molecule has 0 amide bonds. The molecule has 3 heterocycles. The van der Waals surface area contributed by atoms with E-state index in [1.54, 1.807) is 0 Å². The second kappa shape index (κ2) is 9.02. The van der Waals surface area contributed by atoms with Gasteiger partial charge in [0, 0.05) is 24.7 Å². The number of allylic oxidation sites excluding steroid dienone is 2. The molecule has 2 aliphatic carbocycles. The average molecular weight is 455 g/mol. The number of rotatable bonds is 5. The Balaban J connectivity index is 1.46. The van der Waals surface area contributed by atoms with Gasteiger partial charge in [0.15, 0.2) is 0 Å². The fourth-order valence-electron chi connectivity index (χ4n) is 5.57. The fourth-order valence-corrected chi connectivity index (χ4v) is 7.36. The van der Waals surface area contributed by atoms with Crippen LogP contribution in [-0.4, -0.2) is 35.6 Å². The Morgan fingerprint density at radius 3 is 2.69 bits per heavy atom. The Hall–Kier alpha value is -2.12. The van der Waals surface area contributed by atoms with Crippen LogP contribution >= 0.6 is 0 Å². The molecule has 5 rings (SSSR count). The summed E-state index contributed by atoms with van der Waals surface area (Å²) in [6.07, 6.45) is 15.8. The standard InChI is InChI=1S/C25H34N4O2S/c1-18-12-14-19(15-13-18)32(30,31)28-21-9-3-2-8-20(21)25-27-24(22-10-4-6-16-26-22)23-11-5-7-17-29(23)25/h4-7,10-11,17-21,26,28H,2-3,8-9,12-16H2,1H3. The minimum Gasteiger partial charge on any atom is -0.380 e. The number of sulfonamides is 1. The van der Waals surface area contributed by atoms with Crippen LogP contribution in [0.3, 0.4) is 0 Å². The molecule has 2 saturated carbocycles. The van der Waals surface area contributed by atoms with Gasteiger partial charge in [0.1, 0.15) is 11.5 Å². The topological polar surface area (TPSA) is 75.5 Å². The van der Waals surface area contributed by atoms with E-state index in [2.05, 4.69) is 51.9 Å². The third-order valence-corrected chi connectivity index (χ3v) is 9.44. The van der Waals surface area contributed by atoms with Gasteiger partial charge in [-0.15, -0.1) is 0 Å². The molecule has 6 nitrogen and oxygen atoms in total. The number of hydrogen-bond donors (Lipinski definition) is 2. The van der Waals surface area contributed by atoms with Gasteiger partial charge >= 0.3 is 0 Å². The maximum Gasteiger partial charge on any atom is 0.214 e. The summed E-state index contributed by atoms with van der Waals surface area (Å²) in [5.41, 5.74) is 3.02. The number of nitrogens with zero attached hydrogens (tertiary/aromatic N) is 2. The van der Waals surface area contributed by atoms with E-state index in [9.17, 15) is 8.42 Å². The molecule has 1 aliphatic heterocycles. The normalized spacial score (nSPS) is 29.0. The van der Waals surface area contributed by atoms with Crippen LogP contribution in [0.25, 0.3) is 11.2 Å². The number of dihydropyridines is 1. The van der Waals surface area contributed by atoms with Gasteiger partial charge in [-0.2, -0.15) is 0 Å². The molecule has 2 unspecified atom stereocenters. The predicted octanol–water partition coefficient (Wildman–Crippen LogP) is 4.36. The summed E-state index contributed by atoms with van der Waals surface area (Å²) in [7, 11) is -3.33. The van der Waals surface area contributed by atoms with Crippen molar-refractivity contribution in [3.05, 3.63) is 54.1 Å². The zero-order chi connectivity index (χ0) is 22.1. The van der Waals surface area contributed by atoms with Crippen molar-refractivity contribution in [3.8, 4) is 0 Å². The molecule has 2 N–H and O–H groups in total. The second-order valence-corrected chi connectivity index (χ2v) is 11.7. The Labute approximate surface area is 191 Å². The molecule has 2 aromatic heterocycles. The summed E-state index contributed by atoms with van der Waals surface area (Å²) in [5, 5.41) is 3.17. The number of aromatic nitrogens is 2. The van der Waals surface area contributed by atoms with Crippen molar-refractivity contribution in [1.82, 2.24) is 19.4 Å². The molecule has 0 aromatic carbocycles. The first-order valence-corrected chi connectivity index (χ1v) is 13.7. The first-order chi connectivity index (χ1) is 15.5. The lowest BCUT2D eigenvalue weighted by Crippen LogP contribution is -2.46. The first kappa shape index (κ1) is 21.7. The maximum atomic E-state index is 13.3. The van der Waals surface area contributed by atoms with Crippen LogP contribution in [0.2, 0.25) is 0 Å². The Bertz CT molecular complexity index is 1130. The summed E-state index contributed by atoms with van der Waals surface area (Å²) in [6.45, 7) is 3.01. The molecule has 2 fully saturated rings. The minimum atomic E-state index is -3.33. The third-order valence-electron chi connectivity index (χ3n) is 7.46. The Morgan fingerprint density at radius 1 is 1.09 bits per heavy atom. The van der Waals surface area contributed by atoms with Crippen LogP contribution in [-0.2, 0) is 10.0 Å². The monoisotopic (exact) mass is 454 g/mol. The van der Waals surface area contributed by atoms with E-state index in [4.69, 9.17) is 4.98 Å². The lowest BCUT2D eigenvalue weighted by atomic mass is 9.84. The van der Waals surface area contributed by atoms with E-state index in [0.29, 0.717) is 5.92 Å². The summed E-state index contributed by atoms with van der Waals surface area (Å²) in [4.78, 5) is 5.10. The average Bonchev–Trinajstić information content (AvgIpc) is 3.20. The van der Waals surface area contributed by atoms with Gasteiger partial charge in [-0.3, -0.25) is 0 Å². The number of fused-ring (bicyclic) bond motifs is 1. The Kier molecular flexibility index (Phi) is 6.12. The quantitative estimate of drug-likeness (QED) is 0.704. The number of hydrogen-bond acceptors (Lipinski definition) is 4. The van der Waals surface area contributed by atoms with Crippen LogP contribution in [0.4, 0.5) is 0 Å². The molecule has 7 heteroatoms. The van der Waals surface area contributed by atoms with E-state index < -0.39 is 10.0 Å². The first-order valence-electron chi connectivity index (χ1n) is 12.1. The van der Waals surface area contributed by atoms with Crippen molar-refractivity contribution in [3.63, 3.8) is 0 Å². The van der Waals surface area contributed by atoms with Gasteiger partial charge in [0.2, 0.25) is 10.0 Å². The molecule has 2 aromatic rings. The Morgan fingerprint density at radius 2 is 1.91 bits per heavy atom. The summed E-state index contributed by atoms with van der Waals surface area (Å²) >= 11 is 0. The molecule has 2 atom stereocenters. The number of pyridine rings is 1. The van der Waals surface area contributed by atoms with Crippen LogP contribution in [0.5, 0.6) is 0 Å². The van der Waals surface area contributed by atoms with Crippen molar-refractivity contribution < 1.29 is 8.42 Å². The van der Waals surface area contributed by atoms with Gasteiger partial charge in [-0.25, -0.2) is 18.1 Å². The summed E-state index contributed by atoms with van der Waals surface area (Å²) < 4.78 is 31.9. The van der Waals surface area contributed by atoms with E-state index in [1.165, 1.54) is 0 Å². The van der Waals surface area contributed by atoms with Gasteiger partial charge in [0.05, 0.1) is 16.5 Å². The molecule has 3 aliphatic rings. The van der Waals surface area contributed by atoms with Crippen molar-refractivity contribution in [2.75, 3.05) is 6.54 Å². The van der Waals surface area contributed by atoms with Crippen molar-refractivity contribution in [2.24, 2.45) is 5.92 Å². The second-order valence-electron chi connectivity index (χ2n) is 9.71. The highest BCUT2D eigenvalue weighted by molar-refractivity contribution is 7.90. The van der Waals surface area contributed by atoms with E-state index >= 15 is 0 Å². The lowest BCUT2D eigenvalue weighted by Gasteiger charge is -2.34. The van der Waals surface area contributed by atoms with E-state index in [0.717, 1.165) is 80.6 Å². The molecule has 32 heavy (non-hydrogen) atoms. The molecule has 0 spiro atoms. The van der Waals surface area contributed by atoms with Gasteiger partial charge in [-0.1, -0.05) is 38.0 Å². The maximum absolute atomic E-state index is 13.3. The van der Waals surface area contributed by atoms with Crippen LogP contribution in [0.15, 0.2) is 42.6 Å². The minimum absolute atomic E-state index is 0.0735. The smallest absolute Gasteiger partial charge is 0.214 e. The predicted molar refractivity (Wildman–Crippen MR) is 129 cm³/mol. The zero-order valence-corrected chi connectivity index (χ0v) is 19.7. The van der Waals surface area contributed by atoms with Crippen LogP contribution < -0.4 is 10.0 Å². The highest BCUT2D eigenvalue weighted by Crippen LogP contribution is 2.36. The summed E-state index contributed by atoms with van der Waals surface area (Å²) in [6, 6.07) is 6.06.